The largest absolute Gasteiger partial charge is 0.360 e. The smallest absolute Gasteiger partial charge is 0.206 e. The van der Waals surface area contributed by atoms with Crippen molar-refractivity contribution in [1.29, 1.82) is 0 Å². The van der Waals surface area contributed by atoms with E-state index in [9.17, 15) is 4.79 Å². The lowest BCUT2D eigenvalue weighted by molar-refractivity contribution is 0.101. The molecule has 0 aliphatic rings. The highest BCUT2D eigenvalue weighted by atomic mass is 32.2. The molecule has 120 valence electrons. The van der Waals surface area contributed by atoms with E-state index in [1.165, 1.54) is 28.0 Å². The van der Waals surface area contributed by atoms with Crippen molar-refractivity contribution in [2.24, 2.45) is 7.05 Å². The molecule has 0 saturated heterocycles. The molecule has 1 N–H and O–H groups in total. The summed E-state index contributed by atoms with van der Waals surface area (Å²) < 4.78 is 2.65. The molecular weight excluding hydrogens is 348 g/mol. The van der Waals surface area contributed by atoms with Gasteiger partial charge in [-0.05, 0) is 30.0 Å². The van der Waals surface area contributed by atoms with Crippen molar-refractivity contribution in [1.82, 2.24) is 14.8 Å². The van der Waals surface area contributed by atoms with E-state index < -0.39 is 0 Å². The topological polar surface area (TPSA) is 59.8 Å². The molecule has 0 fully saturated rings. The SMILES string of the molecule is Cn1cccc1C(=O)CSc1nnc(NCCc2cccs2)s1. The van der Waals surface area contributed by atoms with Crippen LogP contribution < -0.4 is 5.32 Å². The maximum absolute atomic E-state index is 12.1. The summed E-state index contributed by atoms with van der Waals surface area (Å²) in [6, 6.07) is 7.89. The van der Waals surface area contributed by atoms with Crippen LogP contribution in [0.4, 0.5) is 5.13 Å². The van der Waals surface area contributed by atoms with E-state index >= 15 is 0 Å². The number of anilines is 1. The Hall–Kier alpha value is -1.64. The van der Waals surface area contributed by atoms with Gasteiger partial charge in [0, 0.05) is 24.7 Å². The Morgan fingerprint density at radius 3 is 3.00 bits per heavy atom. The van der Waals surface area contributed by atoms with Crippen molar-refractivity contribution in [2.45, 2.75) is 10.8 Å². The minimum Gasteiger partial charge on any atom is -0.360 e. The van der Waals surface area contributed by atoms with E-state index in [1.54, 1.807) is 11.3 Å². The van der Waals surface area contributed by atoms with Crippen LogP contribution in [0.3, 0.4) is 0 Å². The zero-order valence-corrected chi connectivity index (χ0v) is 15.0. The highest BCUT2D eigenvalue weighted by Crippen LogP contribution is 2.26. The summed E-state index contributed by atoms with van der Waals surface area (Å²) in [7, 11) is 1.87. The minimum absolute atomic E-state index is 0.102. The van der Waals surface area contributed by atoms with Crippen molar-refractivity contribution in [3.05, 3.63) is 46.4 Å². The second-order valence-corrected chi connectivity index (χ2v) is 8.08. The summed E-state index contributed by atoms with van der Waals surface area (Å²) in [5.74, 6) is 0.478. The molecular formula is C15H16N4OS3. The van der Waals surface area contributed by atoms with Crippen LogP contribution in [0, 0.1) is 0 Å². The number of hydrogen-bond acceptors (Lipinski definition) is 7. The van der Waals surface area contributed by atoms with Crippen molar-refractivity contribution in [3.63, 3.8) is 0 Å². The average Bonchev–Trinajstić information content (AvgIpc) is 3.27. The monoisotopic (exact) mass is 364 g/mol. The summed E-state index contributed by atoms with van der Waals surface area (Å²) in [6.07, 6.45) is 2.85. The molecule has 8 heteroatoms. The Kier molecular flexibility index (Phi) is 5.47. The molecule has 3 aromatic heterocycles. The van der Waals surface area contributed by atoms with Gasteiger partial charge in [0.25, 0.3) is 0 Å². The van der Waals surface area contributed by atoms with Gasteiger partial charge in [0.15, 0.2) is 10.1 Å². The van der Waals surface area contributed by atoms with Crippen LogP contribution in [0.25, 0.3) is 0 Å². The van der Waals surface area contributed by atoms with Gasteiger partial charge in [-0.3, -0.25) is 4.79 Å². The van der Waals surface area contributed by atoms with Gasteiger partial charge in [0.2, 0.25) is 5.13 Å². The molecule has 3 rings (SSSR count). The van der Waals surface area contributed by atoms with Gasteiger partial charge in [-0.1, -0.05) is 29.2 Å². The third-order valence-electron chi connectivity index (χ3n) is 3.19. The van der Waals surface area contributed by atoms with Crippen molar-refractivity contribution in [3.8, 4) is 0 Å². The predicted octanol–water partition coefficient (Wildman–Crippen LogP) is 3.57. The number of carbonyl (C=O) groups excluding carboxylic acids is 1. The first-order valence-corrected chi connectivity index (χ1v) is 9.77. The number of ketones is 1. The lowest BCUT2D eigenvalue weighted by atomic mass is 10.3. The summed E-state index contributed by atoms with van der Waals surface area (Å²) in [5.41, 5.74) is 0.719. The van der Waals surface area contributed by atoms with E-state index in [4.69, 9.17) is 0 Å². The van der Waals surface area contributed by atoms with Crippen molar-refractivity contribution in [2.75, 3.05) is 17.6 Å². The van der Waals surface area contributed by atoms with E-state index in [2.05, 4.69) is 33.0 Å². The van der Waals surface area contributed by atoms with E-state index in [0.717, 1.165) is 28.1 Å². The molecule has 3 heterocycles. The molecule has 5 nitrogen and oxygen atoms in total. The van der Waals surface area contributed by atoms with Crippen LogP contribution in [-0.2, 0) is 13.5 Å². The first kappa shape index (κ1) is 16.2. The molecule has 0 radical (unpaired) electrons. The third kappa shape index (κ3) is 4.43. The summed E-state index contributed by atoms with van der Waals surface area (Å²) in [6.45, 7) is 0.835. The minimum atomic E-state index is 0.102. The summed E-state index contributed by atoms with van der Waals surface area (Å²) in [5, 5.41) is 14.4. The second-order valence-electron chi connectivity index (χ2n) is 4.85. The fourth-order valence-corrected chi connectivity index (χ4v) is 4.40. The zero-order chi connectivity index (χ0) is 16.1. The molecule has 0 aliphatic carbocycles. The average molecular weight is 365 g/mol. The molecule has 0 bridgehead atoms. The number of Topliss-reactive ketones (excluding diaryl/α,β-unsaturated/α-hetero) is 1. The van der Waals surface area contributed by atoms with Gasteiger partial charge in [-0.25, -0.2) is 0 Å². The van der Waals surface area contributed by atoms with E-state index in [0.29, 0.717) is 5.75 Å². The quantitative estimate of drug-likeness (QED) is 0.489. The number of thiophene rings is 1. The number of nitrogens with one attached hydrogen (secondary N) is 1. The summed E-state index contributed by atoms with van der Waals surface area (Å²) >= 11 is 4.68. The summed E-state index contributed by atoms with van der Waals surface area (Å²) in [4.78, 5) is 13.5. The number of nitrogens with zero attached hydrogens (tertiary/aromatic N) is 3. The molecule has 0 saturated carbocycles. The maximum Gasteiger partial charge on any atom is 0.206 e. The molecule has 0 spiro atoms. The van der Waals surface area contributed by atoms with E-state index in [1.807, 2.05) is 29.9 Å². The van der Waals surface area contributed by atoms with Gasteiger partial charge >= 0.3 is 0 Å². The van der Waals surface area contributed by atoms with Crippen LogP contribution in [0.15, 0.2) is 40.2 Å². The Morgan fingerprint density at radius 2 is 2.26 bits per heavy atom. The molecule has 0 aliphatic heterocycles. The lowest BCUT2D eigenvalue weighted by Gasteiger charge is -2.00. The lowest BCUT2D eigenvalue weighted by Crippen LogP contribution is -2.07. The first-order chi connectivity index (χ1) is 11.2. The molecule has 0 atom stereocenters. The Bertz CT molecular complexity index is 763. The number of rotatable bonds is 8. The number of thioether (sulfide) groups is 1. The predicted molar refractivity (Wildman–Crippen MR) is 96.9 cm³/mol. The number of aromatic nitrogens is 3. The number of carbonyl (C=O) groups is 1. The molecule has 23 heavy (non-hydrogen) atoms. The Morgan fingerprint density at radius 1 is 1.35 bits per heavy atom. The third-order valence-corrected chi connectivity index (χ3v) is 6.14. The van der Waals surface area contributed by atoms with Crippen LogP contribution in [0.2, 0.25) is 0 Å². The van der Waals surface area contributed by atoms with Crippen LogP contribution in [0.5, 0.6) is 0 Å². The second kappa shape index (κ2) is 7.76. The normalized spacial score (nSPS) is 10.8. The maximum atomic E-state index is 12.1. The molecule has 0 amide bonds. The number of aryl methyl sites for hydroxylation is 1. The molecule has 0 aromatic carbocycles. The van der Waals surface area contributed by atoms with Gasteiger partial charge in [0.05, 0.1) is 11.4 Å². The van der Waals surface area contributed by atoms with Gasteiger partial charge in [0.1, 0.15) is 0 Å². The van der Waals surface area contributed by atoms with Crippen LogP contribution in [0.1, 0.15) is 15.4 Å². The fourth-order valence-electron chi connectivity index (χ4n) is 2.04. The number of hydrogen-bond donors (Lipinski definition) is 1. The standard InChI is InChI=1S/C15H16N4OS3/c1-19-8-2-5-12(19)13(20)10-22-15-18-17-14(23-15)16-7-6-11-4-3-9-21-11/h2-5,8-9H,6-7,10H2,1H3,(H,16,17). The van der Waals surface area contributed by atoms with Gasteiger partial charge in [-0.2, -0.15) is 0 Å². The Balaban J connectivity index is 1.45. The highest BCUT2D eigenvalue weighted by Gasteiger charge is 2.12. The van der Waals surface area contributed by atoms with Crippen LogP contribution in [-0.4, -0.2) is 32.8 Å². The van der Waals surface area contributed by atoms with Crippen molar-refractivity contribution >= 4 is 45.4 Å². The van der Waals surface area contributed by atoms with E-state index in [-0.39, 0.29) is 5.78 Å². The highest BCUT2D eigenvalue weighted by molar-refractivity contribution is 8.01. The first-order valence-electron chi connectivity index (χ1n) is 7.09. The van der Waals surface area contributed by atoms with Crippen LogP contribution >= 0.6 is 34.4 Å². The van der Waals surface area contributed by atoms with Gasteiger partial charge in [-0.15, -0.1) is 21.5 Å². The van der Waals surface area contributed by atoms with Gasteiger partial charge < -0.3 is 9.88 Å². The fraction of sp³-hybridized carbons (Fsp3) is 0.267. The zero-order valence-electron chi connectivity index (χ0n) is 12.6. The molecule has 3 aromatic rings. The molecule has 0 unspecified atom stereocenters. The van der Waals surface area contributed by atoms with Crippen molar-refractivity contribution < 1.29 is 4.79 Å². The Labute approximate surface area is 146 Å².